The van der Waals surface area contributed by atoms with Crippen LogP contribution in [-0.2, 0) is 6.54 Å². The van der Waals surface area contributed by atoms with Gasteiger partial charge in [0.25, 0.3) is 11.1 Å². The quantitative estimate of drug-likeness (QED) is 0.851. The van der Waals surface area contributed by atoms with E-state index < -0.39 is 11.6 Å². The van der Waals surface area contributed by atoms with E-state index in [4.69, 9.17) is 0 Å². The highest BCUT2D eigenvalue weighted by molar-refractivity contribution is 5.76. The molecule has 2 aliphatic heterocycles. The Kier molecular flexibility index (Phi) is 4.77. The van der Waals surface area contributed by atoms with Gasteiger partial charge >= 0.3 is 6.09 Å². The lowest BCUT2D eigenvalue weighted by Gasteiger charge is -2.43. The van der Waals surface area contributed by atoms with E-state index in [1.165, 1.54) is 0 Å². The molecule has 1 atom stereocenters. The van der Waals surface area contributed by atoms with E-state index in [0.29, 0.717) is 18.7 Å². The van der Waals surface area contributed by atoms with Crippen LogP contribution in [-0.4, -0.2) is 61.3 Å². The summed E-state index contributed by atoms with van der Waals surface area (Å²) in [6.07, 6.45) is 0.657. The van der Waals surface area contributed by atoms with Gasteiger partial charge in [0.2, 0.25) is 0 Å². The second-order valence-corrected chi connectivity index (χ2v) is 9.11. The minimum atomic E-state index is -0.875. The third kappa shape index (κ3) is 3.46. The molecular weight excluding hydrogens is 372 g/mol. The average molecular weight is 400 g/mol. The van der Waals surface area contributed by atoms with Crippen LogP contribution in [0.1, 0.15) is 39.7 Å². The van der Waals surface area contributed by atoms with E-state index in [0.717, 1.165) is 31.3 Å². The van der Waals surface area contributed by atoms with Crippen LogP contribution in [0.4, 0.5) is 4.79 Å². The molecule has 0 unspecified atom stereocenters. The van der Waals surface area contributed by atoms with Crippen LogP contribution in [0, 0.1) is 0 Å². The summed E-state index contributed by atoms with van der Waals surface area (Å²) in [6, 6.07) is 6.57. The molecule has 4 heterocycles. The Morgan fingerprint density at radius 2 is 1.72 bits per heavy atom. The molecule has 8 heteroatoms. The number of likely N-dealkylation sites (tertiary alicyclic amines) is 1. The van der Waals surface area contributed by atoms with Gasteiger partial charge in [-0.05, 0) is 45.7 Å². The number of rotatable bonds is 3. The first-order chi connectivity index (χ1) is 13.7. The molecule has 2 aromatic rings. The van der Waals surface area contributed by atoms with Crippen molar-refractivity contribution in [2.45, 2.75) is 57.8 Å². The number of pyridine rings is 2. The van der Waals surface area contributed by atoms with Gasteiger partial charge in [-0.1, -0.05) is 0 Å². The van der Waals surface area contributed by atoms with Gasteiger partial charge in [0.05, 0.1) is 6.04 Å². The number of hydrogen-bond donors (Lipinski definition) is 1. The number of piperidine rings is 1. The van der Waals surface area contributed by atoms with E-state index >= 15 is 0 Å². The highest BCUT2D eigenvalue weighted by Gasteiger charge is 2.36. The van der Waals surface area contributed by atoms with Crippen LogP contribution in [0.5, 0.6) is 0 Å². The number of carboxylic acid groups (broad SMARTS) is 1. The van der Waals surface area contributed by atoms with Crippen molar-refractivity contribution in [1.82, 2.24) is 18.9 Å². The van der Waals surface area contributed by atoms with Crippen molar-refractivity contribution in [3.63, 3.8) is 0 Å². The van der Waals surface area contributed by atoms with Crippen LogP contribution in [0.15, 0.2) is 33.9 Å². The third-order valence-electron chi connectivity index (χ3n) is 6.13. The lowest BCUT2D eigenvalue weighted by Crippen LogP contribution is -2.55. The molecule has 0 radical (unpaired) electrons. The molecule has 2 aromatic heterocycles. The smallest absolute Gasteiger partial charge is 0.407 e. The summed E-state index contributed by atoms with van der Waals surface area (Å²) in [4.78, 5) is 40.4. The summed E-state index contributed by atoms with van der Waals surface area (Å²) in [7, 11) is 0. The van der Waals surface area contributed by atoms with Crippen LogP contribution in [0.25, 0.3) is 11.0 Å². The third-order valence-corrected chi connectivity index (χ3v) is 6.13. The van der Waals surface area contributed by atoms with Crippen molar-refractivity contribution in [3.05, 3.63) is 45.0 Å². The standard InChI is InChI=1S/C21H28N4O4/c1-21(2,3)25(20(28)29)15-8-10-22(11-9-15)12-16-13-23-17(26)6-4-14-5-7-18(27)24(16)19(14)23/h4-7,15-16H,8-13H2,1-3H3,(H,28,29)/t16-/m1/s1. The maximum Gasteiger partial charge on any atom is 0.407 e. The molecule has 1 N–H and O–H groups in total. The number of hydrogen-bond acceptors (Lipinski definition) is 4. The van der Waals surface area contributed by atoms with E-state index in [-0.39, 0.29) is 23.2 Å². The summed E-state index contributed by atoms with van der Waals surface area (Å²) in [5.41, 5.74) is 0.102. The predicted molar refractivity (Wildman–Crippen MR) is 111 cm³/mol. The van der Waals surface area contributed by atoms with Gasteiger partial charge in [0.1, 0.15) is 5.65 Å². The maximum absolute atomic E-state index is 12.5. The number of carbonyl (C=O) groups is 1. The summed E-state index contributed by atoms with van der Waals surface area (Å²) in [6.45, 7) is 8.50. The van der Waals surface area contributed by atoms with Crippen molar-refractivity contribution in [2.24, 2.45) is 0 Å². The summed E-state index contributed by atoms with van der Waals surface area (Å²) < 4.78 is 3.45. The summed E-state index contributed by atoms with van der Waals surface area (Å²) in [5.74, 6) is 0. The van der Waals surface area contributed by atoms with Gasteiger partial charge in [-0.15, -0.1) is 0 Å². The number of amides is 1. The molecule has 29 heavy (non-hydrogen) atoms. The topological polar surface area (TPSA) is 87.8 Å². The van der Waals surface area contributed by atoms with Gasteiger partial charge in [-0.2, -0.15) is 0 Å². The lowest BCUT2D eigenvalue weighted by atomic mass is 9.96. The Bertz CT molecular complexity index is 1050. The molecule has 156 valence electrons. The number of aromatic nitrogens is 2. The van der Waals surface area contributed by atoms with E-state index in [1.807, 2.05) is 20.8 Å². The molecule has 0 bridgehead atoms. The highest BCUT2D eigenvalue weighted by Crippen LogP contribution is 2.28. The van der Waals surface area contributed by atoms with Crippen molar-refractivity contribution in [3.8, 4) is 0 Å². The molecule has 0 spiro atoms. The Morgan fingerprint density at radius 1 is 1.10 bits per heavy atom. The van der Waals surface area contributed by atoms with E-state index in [2.05, 4.69) is 4.90 Å². The predicted octanol–water partition coefficient (Wildman–Crippen LogP) is 1.96. The van der Waals surface area contributed by atoms with E-state index in [9.17, 15) is 19.5 Å². The minimum Gasteiger partial charge on any atom is -0.465 e. The zero-order valence-corrected chi connectivity index (χ0v) is 17.2. The molecule has 0 aromatic carbocycles. The summed E-state index contributed by atoms with van der Waals surface area (Å²) >= 11 is 0. The molecule has 4 rings (SSSR count). The average Bonchev–Trinajstić information content (AvgIpc) is 3.02. The second kappa shape index (κ2) is 7.02. The molecule has 1 saturated heterocycles. The Morgan fingerprint density at radius 3 is 2.31 bits per heavy atom. The molecule has 0 saturated carbocycles. The van der Waals surface area contributed by atoms with Crippen molar-refractivity contribution >= 4 is 17.1 Å². The highest BCUT2D eigenvalue weighted by atomic mass is 16.4. The maximum atomic E-state index is 12.5. The Labute approximate surface area is 169 Å². The van der Waals surface area contributed by atoms with Gasteiger partial charge in [-0.3, -0.25) is 18.7 Å². The first-order valence-electron chi connectivity index (χ1n) is 10.2. The normalized spacial score (nSPS) is 20.3. The first kappa shape index (κ1) is 19.7. The number of nitrogens with zero attached hydrogens (tertiary/aromatic N) is 4. The zero-order valence-electron chi connectivity index (χ0n) is 17.2. The molecule has 8 nitrogen and oxygen atoms in total. The van der Waals surface area contributed by atoms with Crippen LogP contribution >= 0.6 is 0 Å². The van der Waals surface area contributed by atoms with Gasteiger partial charge in [-0.25, -0.2) is 4.79 Å². The van der Waals surface area contributed by atoms with Crippen molar-refractivity contribution in [1.29, 1.82) is 0 Å². The SMILES string of the molecule is CC(C)(C)N(C(=O)O)C1CCN(C[C@@H]2Cn3c(=O)ccc4ccc(=O)n2c43)CC1. The lowest BCUT2D eigenvalue weighted by molar-refractivity contribution is 0.0397. The monoisotopic (exact) mass is 400 g/mol. The molecular formula is C21H28N4O4. The second-order valence-electron chi connectivity index (χ2n) is 9.11. The van der Waals surface area contributed by atoms with Gasteiger partial charge in [0, 0.05) is 55.3 Å². The molecule has 1 amide bonds. The van der Waals surface area contributed by atoms with Crippen LogP contribution in [0.2, 0.25) is 0 Å². The zero-order chi connectivity index (χ0) is 20.9. The fourth-order valence-corrected chi connectivity index (χ4v) is 4.94. The van der Waals surface area contributed by atoms with E-state index in [1.54, 1.807) is 38.3 Å². The largest absolute Gasteiger partial charge is 0.465 e. The molecule has 2 aliphatic rings. The van der Waals surface area contributed by atoms with Crippen molar-refractivity contribution in [2.75, 3.05) is 19.6 Å². The summed E-state index contributed by atoms with van der Waals surface area (Å²) in [5, 5.41) is 10.5. The first-order valence-corrected chi connectivity index (χ1v) is 10.2. The Hall–Kier alpha value is -2.61. The van der Waals surface area contributed by atoms with Crippen molar-refractivity contribution < 1.29 is 9.90 Å². The Balaban J connectivity index is 1.50. The minimum absolute atomic E-state index is 0.00157. The fraction of sp³-hybridized carbons (Fsp3) is 0.571. The van der Waals surface area contributed by atoms with Crippen LogP contribution in [0.3, 0.4) is 0 Å². The van der Waals surface area contributed by atoms with Crippen LogP contribution < -0.4 is 11.1 Å². The molecule has 0 aliphatic carbocycles. The van der Waals surface area contributed by atoms with Gasteiger partial charge in [0.15, 0.2) is 0 Å². The molecule has 1 fully saturated rings. The van der Waals surface area contributed by atoms with Gasteiger partial charge < -0.3 is 14.9 Å². The fourth-order valence-electron chi connectivity index (χ4n) is 4.94.